The maximum atomic E-state index is 13.2. The van der Waals surface area contributed by atoms with Gasteiger partial charge in [-0.2, -0.15) is 9.78 Å². The molecule has 5 aromatic rings. The van der Waals surface area contributed by atoms with E-state index in [0.29, 0.717) is 55.5 Å². The fourth-order valence-corrected chi connectivity index (χ4v) is 4.73. The lowest BCUT2D eigenvalue weighted by Gasteiger charge is -2.15. The van der Waals surface area contributed by atoms with E-state index in [0.717, 1.165) is 0 Å². The zero-order valence-corrected chi connectivity index (χ0v) is 24.9. The molecule has 0 aliphatic heterocycles. The van der Waals surface area contributed by atoms with Gasteiger partial charge in [0.25, 0.3) is 0 Å². The van der Waals surface area contributed by atoms with Gasteiger partial charge in [-0.1, -0.05) is 46.9 Å². The molecule has 3 heterocycles. The second-order valence-electron chi connectivity index (χ2n) is 9.14. The van der Waals surface area contributed by atoms with Gasteiger partial charge in [-0.05, 0) is 53.8 Å². The minimum absolute atomic E-state index is 0.209. The third-order valence-corrected chi connectivity index (χ3v) is 7.26. The predicted molar refractivity (Wildman–Crippen MR) is 161 cm³/mol. The molecule has 0 saturated heterocycles. The number of hydrogen-bond acceptors (Lipinski definition) is 8. The van der Waals surface area contributed by atoms with Gasteiger partial charge in [-0.15, -0.1) is 5.10 Å². The SMILES string of the molecule is COC(=O)Nc1ccc(-c2nc(C(Cc3n[nH]c(C)c3Cl)NC(=O)/C=C/c3cc(Cl)ccc3-n3cnnn3)[nH]c2Cl)cc1. The van der Waals surface area contributed by atoms with Crippen LogP contribution in [0.3, 0.4) is 0 Å². The van der Waals surface area contributed by atoms with E-state index < -0.39 is 18.0 Å². The number of ether oxygens (including phenoxy) is 1. The summed E-state index contributed by atoms with van der Waals surface area (Å²) in [7, 11) is 1.28. The van der Waals surface area contributed by atoms with Crippen molar-refractivity contribution in [1.82, 2.24) is 45.7 Å². The van der Waals surface area contributed by atoms with Crippen molar-refractivity contribution >= 4 is 58.6 Å². The second-order valence-corrected chi connectivity index (χ2v) is 10.3. The number of carbonyl (C=O) groups excluding carboxylic acids is 2. The highest BCUT2D eigenvalue weighted by Crippen LogP contribution is 2.30. The molecule has 220 valence electrons. The van der Waals surface area contributed by atoms with Crippen LogP contribution in [-0.2, 0) is 16.0 Å². The van der Waals surface area contributed by atoms with Crippen molar-refractivity contribution in [2.24, 2.45) is 0 Å². The lowest BCUT2D eigenvalue weighted by Crippen LogP contribution is -2.29. The molecule has 0 aliphatic rings. The number of imidazole rings is 1. The largest absolute Gasteiger partial charge is 0.453 e. The summed E-state index contributed by atoms with van der Waals surface area (Å²) in [6.07, 6.45) is 4.03. The minimum atomic E-state index is -0.692. The lowest BCUT2D eigenvalue weighted by atomic mass is 10.1. The highest BCUT2D eigenvalue weighted by atomic mass is 35.5. The van der Waals surface area contributed by atoms with E-state index in [-0.39, 0.29) is 11.6 Å². The Morgan fingerprint density at radius 1 is 1.14 bits per heavy atom. The highest BCUT2D eigenvalue weighted by molar-refractivity contribution is 6.32. The molecule has 1 atom stereocenters. The maximum Gasteiger partial charge on any atom is 0.411 e. The number of benzene rings is 2. The Morgan fingerprint density at radius 3 is 2.60 bits per heavy atom. The van der Waals surface area contributed by atoms with Gasteiger partial charge >= 0.3 is 6.09 Å². The number of aryl methyl sites for hydroxylation is 1. The highest BCUT2D eigenvalue weighted by Gasteiger charge is 2.23. The molecular weight excluding hydrogens is 619 g/mol. The first-order valence-electron chi connectivity index (χ1n) is 12.6. The molecule has 4 N–H and O–H groups in total. The summed E-state index contributed by atoms with van der Waals surface area (Å²) in [6, 6.07) is 11.3. The van der Waals surface area contributed by atoms with Gasteiger partial charge in [-0.3, -0.25) is 15.2 Å². The number of nitrogens with zero attached hydrogens (tertiary/aromatic N) is 6. The van der Waals surface area contributed by atoms with Crippen molar-refractivity contribution in [3.05, 3.63) is 92.8 Å². The molecule has 3 aromatic heterocycles. The van der Waals surface area contributed by atoms with Crippen molar-refractivity contribution < 1.29 is 14.3 Å². The van der Waals surface area contributed by atoms with Gasteiger partial charge in [0.1, 0.15) is 23.0 Å². The number of rotatable bonds is 9. The Hall–Kier alpha value is -4.72. The smallest absolute Gasteiger partial charge is 0.411 e. The number of H-pyrrole nitrogens is 2. The van der Waals surface area contributed by atoms with Crippen LogP contribution in [0.15, 0.2) is 54.9 Å². The summed E-state index contributed by atoms with van der Waals surface area (Å²) < 4.78 is 6.08. The Labute approximate surface area is 259 Å². The molecule has 0 saturated carbocycles. The van der Waals surface area contributed by atoms with E-state index in [4.69, 9.17) is 34.8 Å². The van der Waals surface area contributed by atoms with Gasteiger partial charge < -0.3 is 15.0 Å². The molecule has 5 rings (SSSR count). The van der Waals surface area contributed by atoms with Crippen LogP contribution in [0.1, 0.15) is 28.8 Å². The third-order valence-electron chi connectivity index (χ3n) is 6.25. The first kappa shape index (κ1) is 29.8. The summed E-state index contributed by atoms with van der Waals surface area (Å²) in [4.78, 5) is 32.5. The lowest BCUT2D eigenvalue weighted by molar-refractivity contribution is -0.117. The summed E-state index contributed by atoms with van der Waals surface area (Å²) in [5, 5.41) is 25.1. The van der Waals surface area contributed by atoms with Crippen LogP contribution in [0.25, 0.3) is 23.0 Å². The topological polar surface area (TPSA) is 168 Å². The molecule has 0 aliphatic carbocycles. The minimum Gasteiger partial charge on any atom is -0.453 e. The first-order valence-corrected chi connectivity index (χ1v) is 13.8. The predicted octanol–water partition coefficient (Wildman–Crippen LogP) is 5.34. The number of hydrogen-bond donors (Lipinski definition) is 4. The number of tetrazole rings is 1. The van der Waals surface area contributed by atoms with Crippen LogP contribution < -0.4 is 10.6 Å². The van der Waals surface area contributed by atoms with Gasteiger partial charge in [0, 0.05) is 34.3 Å². The van der Waals surface area contributed by atoms with E-state index in [1.165, 1.54) is 24.2 Å². The fourth-order valence-electron chi connectivity index (χ4n) is 4.14. The van der Waals surface area contributed by atoms with E-state index in [2.05, 4.69) is 51.1 Å². The molecule has 2 amide bonds. The molecular formula is C27H23Cl3N10O3. The van der Waals surface area contributed by atoms with E-state index in [1.807, 2.05) is 0 Å². The van der Waals surface area contributed by atoms with Crippen molar-refractivity contribution in [1.29, 1.82) is 0 Å². The van der Waals surface area contributed by atoms with E-state index in [1.54, 1.807) is 55.5 Å². The molecule has 16 heteroatoms. The Bertz CT molecular complexity index is 1780. The van der Waals surface area contributed by atoms with Crippen molar-refractivity contribution in [3.8, 4) is 16.9 Å². The molecule has 0 radical (unpaired) electrons. The standard InChI is InChI=1S/C27H23Cl3N10O3/c1-14-23(29)19(37-36-14)12-20(26-34-24(25(30)35-26)15-3-7-18(8-4-15)32-27(42)43-2)33-22(41)10-5-16-11-17(28)6-9-21(16)40-13-31-38-39-40/h3-11,13,20H,12H2,1-2H3,(H,32,42)(H,33,41)(H,34,35)(H,36,37)/b10-5+. The summed E-state index contributed by atoms with van der Waals surface area (Å²) in [6.45, 7) is 1.79. The number of carbonyl (C=O) groups is 2. The van der Waals surface area contributed by atoms with Crippen LogP contribution >= 0.6 is 34.8 Å². The van der Waals surface area contributed by atoms with Crippen molar-refractivity contribution in [2.75, 3.05) is 12.4 Å². The first-order chi connectivity index (χ1) is 20.7. The average Bonchev–Trinajstić information content (AvgIpc) is 3.74. The van der Waals surface area contributed by atoms with Crippen LogP contribution in [0.2, 0.25) is 15.2 Å². The molecule has 0 spiro atoms. The number of methoxy groups -OCH3 is 1. The molecule has 0 fully saturated rings. The van der Waals surface area contributed by atoms with Gasteiger partial charge in [0.15, 0.2) is 0 Å². The summed E-state index contributed by atoms with van der Waals surface area (Å²) >= 11 is 19.2. The monoisotopic (exact) mass is 640 g/mol. The van der Waals surface area contributed by atoms with E-state index in [9.17, 15) is 9.59 Å². The van der Waals surface area contributed by atoms with Crippen LogP contribution in [0, 0.1) is 6.92 Å². The third kappa shape index (κ3) is 7.02. The Morgan fingerprint density at radius 2 is 1.93 bits per heavy atom. The second kappa shape index (κ2) is 13.1. The summed E-state index contributed by atoms with van der Waals surface area (Å²) in [5.41, 5.74) is 4.14. The van der Waals surface area contributed by atoms with E-state index >= 15 is 0 Å². The molecule has 1 unspecified atom stereocenters. The molecule has 2 aromatic carbocycles. The number of nitrogens with one attached hydrogen (secondary N) is 4. The molecule has 13 nitrogen and oxygen atoms in total. The zero-order chi connectivity index (χ0) is 30.5. The van der Waals surface area contributed by atoms with Crippen LogP contribution in [0.5, 0.6) is 0 Å². The number of amides is 2. The number of anilines is 1. The number of aromatic nitrogens is 8. The zero-order valence-electron chi connectivity index (χ0n) is 22.6. The molecule has 43 heavy (non-hydrogen) atoms. The van der Waals surface area contributed by atoms with Gasteiger partial charge in [-0.25, -0.2) is 9.78 Å². The molecule has 0 bridgehead atoms. The number of aromatic amines is 2. The van der Waals surface area contributed by atoms with Gasteiger partial charge in [0.2, 0.25) is 5.91 Å². The Balaban J connectivity index is 1.41. The normalized spacial score (nSPS) is 11.9. The number of halogens is 3. The fraction of sp³-hybridized carbons (Fsp3) is 0.148. The average molecular weight is 642 g/mol. The van der Waals surface area contributed by atoms with Crippen LogP contribution in [-0.4, -0.2) is 59.5 Å². The summed E-state index contributed by atoms with van der Waals surface area (Å²) in [5.74, 6) is -0.0457. The van der Waals surface area contributed by atoms with Gasteiger partial charge in [0.05, 0.1) is 35.2 Å². The van der Waals surface area contributed by atoms with Crippen molar-refractivity contribution in [2.45, 2.75) is 19.4 Å². The van der Waals surface area contributed by atoms with Crippen LogP contribution in [0.4, 0.5) is 10.5 Å². The quantitative estimate of drug-likeness (QED) is 0.157. The Kier molecular flexibility index (Phi) is 9.04. The van der Waals surface area contributed by atoms with Crippen molar-refractivity contribution in [3.63, 3.8) is 0 Å². The maximum absolute atomic E-state index is 13.2.